The lowest BCUT2D eigenvalue weighted by Crippen LogP contribution is -2.24. The number of hydrogen-bond donors (Lipinski definition) is 1. The Kier molecular flexibility index (Phi) is 2.27. The lowest BCUT2D eigenvalue weighted by Gasteiger charge is -2.16. The van der Waals surface area contributed by atoms with Crippen molar-refractivity contribution in [1.29, 1.82) is 0 Å². The molecule has 3 unspecified atom stereocenters. The zero-order valence-corrected chi connectivity index (χ0v) is 9.14. The van der Waals surface area contributed by atoms with Gasteiger partial charge in [0.1, 0.15) is 0 Å². The van der Waals surface area contributed by atoms with Crippen LogP contribution in [0.1, 0.15) is 17.2 Å². The number of rotatable bonds is 1. The van der Waals surface area contributed by atoms with Crippen LogP contribution in [0.4, 0.5) is 22.0 Å². The van der Waals surface area contributed by atoms with Crippen LogP contribution in [0.15, 0.2) is 24.3 Å². The summed E-state index contributed by atoms with van der Waals surface area (Å²) in [5.74, 6) is -4.10. The van der Waals surface area contributed by atoms with Crippen LogP contribution in [0.25, 0.3) is 0 Å². The van der Waals surface area contributed by atoms with Gasteiger partial charge < -0.3 is 5.32 Å². The Hall–Kier alpha value is -1.17. The van der Waals surface area contributed by atoms with E-state index in [1.807, 2.05) is 0 Å². The van der Waals surface area contributed by atoms with E-state index >= 15 is 0 Å². The lowest BCUT2D eigenvalue weighted by molar-refractivity contribution is -0.137. The molecule has 3 rings (SSSR count). The number of piperidine rings is 1. The Morgan fingerprint density at radius 2 is 1.72 bits per heavy atom. The average molecular weight is 263 g/mol. The first-order chi connectivity index (χ1) is 8.32. The minimum Gasteiger partial charge on any atom is -0.309 e. The molecule has 2 fully saturated rings. The van der Waals surface area contributed by atoms with Gasteiger partial charge in [-0.25, -0.2) is 8.78 Å². The van der Waals surface area contributed by atoms with Crippen LogP contribution in [0.3, 0.4) is 0 Å². The zero-order valence-electron chi connectivity index (χ0n) is 9.14. The van der Waals surface area contributed by atoms with Crippen molar-refractivity contribution in [1.82, 2.24) is 5.32 Å². The van der Waals surface area contributed by atoms with Crippen molar-refractivity contribution in [3.05, 3.63) is 35.4 Å². The van der Waals surface area contributed by atoms with Crippen LogP contribution >= 0.6 is 0 Å². The van der Waals surface area contributed by atoms with Crippen molar-refractivity contribution >= 4 is 0 Å². The molecule has 98 valence electrons. The highest BCUT2D eigenvalue weighted by atomic mass is 19.4. The summed E-state index contributed by atoms with van der Waals surface area (Å²) in [6.45, 7) is 0.226. The fourth-order valence-electron chi connectivity index (χ4n) is 2.72. The highest BCUT2D eigenvalue weighted by Crippen LogP contribution is 2.63. The molecule has 1 saturated heterocycles. The maximum absolute atomic E-state index is 13.2. The Bertz CT molecular complexity index is 464. The van der Waals surface area contributed by atoms with E-state index < -0.39 is 35.5 Å². The van der Waals surface area contributed by atoms with Crippen LogP contribution in [0.5, 0.6) is 0 Å². The molecule has 1 heterocycles. The highest BCUT2D eigenvalue weighted by molar-refractivity contribution is 5.32. The first kappa shape index (κ1) is 11.9. The van der Waals surface area contributed by atoms with Crippen LogP contribution in [0, 0.1) is 11.8 Å². The molecule has 0 aromatic heterocycles. The molecule has 1 aromatic carbocycles. The topological polar surface area (TPSA) is 12.0 Å². The van der Waals surface area contributed by atoms with Gasteiger partial charge in [0.05, 0.1) is 11.5 Å². The highest BCUT2D eigenvalue weighted by Gasteiger charge is 2.73. The summed E-state index contributed by atoms with van der Waals surface area (Å²) in [5, 5.41) is 2.92. The van der Waals surface area contributed by atoms with E-state index in [9.17, 15) is 22.0 Å². The first-order valence-corrected chi connectivity index (χ1v) is 5.60. The molecule has 3 atom stereocenters. The minimum atomic E-state index is -4.40. The molecule has 0 spiro atoms. The summed E-state index contributed by atoms with van der Waals surface area (Å²) in [5.41, 5.74) is -0.268. The van der Waals surface area contributed by atoms with Crippen molar-refractivity contribution in [2.24, 2.45) is 11.8 Å². The van der Waals surface area contributed by atoms with Gasteiger partial charge in [0.25, 0.3) is 5.92 Å². The second kappa shape index (κ2) is 3.44. The maximum Gasteiger partial charge on any atom is 0.416 e. The first-order valence-electron chi connectivity index (χ1n) is 5.60. The van der Waals surface area contributed by atoms with Crippen molar-refractivity contribution in [2.45, 2.75) is 18.1 Å². The predicted octanol–water partition coefficient (Wildman–Crippen LogP) is 3.23. The van der Waals surface area contributed by atoms with E-state index in [1.54, 1.807) is 0 Å². The van der Waals surface area contributed by atoms with E-state index in [4.69, 9.17) is 0 Å². The van der Waals surface area contributed by atoms with Gasteiger partial charge in [-0.05, 0) is 17.7 Å². The van der Waals surface area contributed by atoms with Gasteiger partial charge in [-0.2, -0.15) is 13.2 Å². The summed E-state index contributed by atoms with van der Waals surface area (Å²) < 4.78 is 63.6. The van der Waals surface area contributed by atoms with Crippen molar-refractivity contribution in [3.63, 3.8) is 0 Å². The molecule has 6 heteroatoms. The number of nitrogens with one attached hydrogen (secondary N) is 1. The van der Waals surface area contributed by atoms with Gasteiger partial charge in [-0.3, -0.25) is 0 Å². The molecule has 0 bridgehead atoms. The molecule has 1 N–H and O–H groups in total. The number of halogens is 5. The smallest absolute Gasteiger partial charge is 0.309 e. The fraction of sp³-hybridized carbons (Fsp3) is 0.500. The van der Waals surface area contributed by atoms with Gasteiger partial charge >= 0.3 is 6.18 Å². The Labute approximate surface area is 100.0 Å². The van der Waals surface area contributed by atoms with E-state index in [0.29, 0.717) is 5.56 Å². The van der Waals surface area contributed by atoms with E-state index in [-0.39, 0.29) is 6.54 Å². The third-order valence-electron chi connectivity index (χ3n) is 3.78. The normalized spacial score (nSPS) is 33.3. The largest absolute Gasteiger partial charge is 0.416 e. The van der Waals surface area contributed by atoms with Crippen molar-refractivity contribution in [3.8, 4) is 0 Å². The van der Waals surface area contributed by atoms with Gasteiger partial charge in [0.2, 0.25) is 0 Å². The Morgan fingerprint density at radius 3 is 2.17 bits per heavy atom. The quantitative estimate of drug-likeness (QED) is 0.767. The number of alkyl halides is 5. The summed E-state index contributed by atoms with van der Waals surface area (Å²) in [6.07, 6.45) is -4.40. The second-order valence-electron chi connectivity index (χ2n) is 4.81. The van der Waals surface area contributed by atoms with Crippen LogP contribution in [-0.4, -0.2) is 12.5 Å². The molecular formula is C12H10F5N. The van der Waals surface area contributed by atoms with Crippen molar-refractivity contribution in [2.75, 3.05) is 6.54 Å². The molecule has 0 amide bonds. The molecule has 2 aliphatic rings. The minimum absolute atomic E-state index is 0.226. The summed E-state index contributed by atoms with van der Waals surface area (Å²) in [4.78, 5) is 0. The van der Waals surface area contributed by atoms with Crippen LogP contribution in [-0.2, 0) is 6.18 Å². The predicted molar refractivity (Wildman–Crippen MR) is 54.1 cm³/mol. The van der Waals surface area contributed by atoms with E-state index in [0.717, 1.165) is 12.1 Å². The van der Waals surface area contributed by atoms with Gasteiger partial charge in [0.15, 0.2) is 0 Å². The molecule has 18 heavy (non-hydrogen) atoms. The van der Waals surface area contributed by atoms with Gasteiger partial charge in [-0.1, -0.05) is 12.1 Å². The monoisotopic (exact) mass is 263 g/mol. The molecular weight excluding hydrogens is 253 g/mol. The molecule has 1 saturated carbocycles. The average Bonchev–Trinajstić information content (AvgIpc) is 2.68. The second-order valence-corrected chi connectivity index (χ2v) is 4.81. The molecule has 0 radical (unpaired) electrons. The lowest BCUT2D eigenvalue weighted by atomic mass is 10.0. The van der Waals surface area contributed by atoms with Gasteiger partial charge in [-0.15, -0.1) is 0 Å². The molecule has 1 aliphatic carbocycles. The van der Waals surface area contributed by atoms with Gasteiger partial charge in [0, 0.05) is 18.5 Å². The third-order valence-corrected chi connectivity index (χ3v) is 3.78. The van der Waals surface area contributed by atoms with Crippen molar-refractivity contribution < 1.29 is 22.0 Å². The number of fused-ring (bicyclic) bond motifs is 1. The summed E-state index contributed by atoms with van der Waals surface area (Å²) in [6, 6.07) is 3.89. The van der Waals surface area contributed by atoms with Crippen LogP contribution in [0.2, 0.25) is 0 Å². The summed E-state index contributed by atoms with van der Waals surface area (Å²) in [7, 11) is 0. The maximum atomic E-state index is 13.2. The van der Waals surface area contributed by atoms with E-state index in [1.165, 1.54) is 12.1 Å². The molecule has 1 aromatic rings. The Balaban J connectivity index is 1.82. The SMILES string of the molecule is FC(F)(F)c1ccc(C2NCC3C2C3(F)F)cc1. The fourth-order valence-corrected chi connectivity index (χ4v) is 2.72. The molecule has 1 nitrogen and oxygen atoms in total. The Morgan fingerprint density at radius 1 is 1.11 bits per heavy atom. The van der Waals surface area contributed by atoms with E-state index in [2.05, 4.69) is 5.32 Å². The standard InChI is InChI=1S/C12H10F5N/c13-11(14)8-5-18-10(9(8)11)6-1-3-7(4-2-6)12(15,16)17/h1-4,8-10,18H,5H2. The third kappa shape index (κ3) is 1.62. The molecule has 1 aliphatic heterocycles. The number of hydrogen-bond acceptors (Lipinski definition) is 1. The summed E-state index contributed by atoms with van der Waals surface area (Å²) >= 11 is 0. The van der Waals surface area contributed by atoms with Crippen LogP contribution < -0.4 is 5.32 Å². The number of benzene rings is 1. The zero-order chi connectivity index (χ0) is 13.1.